The van der Waals surface area contributed by atoms with Crippen molar-refractivity contribution in [3.05, 3.63) is 101 Å². The van der Waals surface area contributed by atoms with Crippen LogP contribution in [0.25, 0.3) is 0 Å². The van der Waals surface area contributed by atoms with Crippen molar-refractivity contribution in [2.75, 3.05) is 11.9 Å². The van der Waals surface area contributed by atoms with Crippen LogP contribution in [-0.4, -0.2) is 29.2 Å². The number of nitrogens with zero attached hydrogens (tertiary/aromatic N) is 1. The normalized spacial score (nSPS) is 27.9. The van der Waals surface area contributed by atoms with Crippen LogP contribution in [-0.2, 0) is 24.1 Å². The maximum absolute atomic E-state index is 13.7. The van der Waals surface area contributed by atoms with E-state index in [1.807, 2.05) is 79.7 Å². The zero-order valence-electron chi connectivity index (χ0n) is 18.9. The molecule has 0 saturated carbocycles. The van der Waals surface area contributed by atoms with Gasteiger partial charge < -0.3 is 5.32 Å². The summed E-state index contributed by atoms with van der Waals surface area (Å²) in [6, 6.07) is 22.5. The third kappa shape index (κ3) is 2.92. The fraction of sp³-hybridized carbons (Fsp3) is 0.250. The smallest absolute Gasteiger partial charge is 0.235 e. The van der Waals surface area contributed by atoms with E-state index in [0.29, 0.717) is 5.69 Å². The van der Waals surface area contributed by atoms with Crippen molar-refractivity contribution < 1.29 is 14.4 Å². The molecule has 1 heterocycles. The van der Waals surface area contributed by atoms with E-state index in [1.54, 1.807) is 0 Å². The maximum Gasteiger partial charge on any atom is 0.235 e. The van der Waals surface area contributed by atoms with E-state index in [4.69, 9.17) is 23.2 Å². The van der Waals surface area contributed by atoms with E-state index in [1.165, 1.54) is 4.90 Å². The van der Waals surface area contributed by atoms with E-state index in [-0.39, 0.29) is 30.7 Å². The number of carbonyl (C=O) groups excluding carboxylic acids is 3. The van der Waals surface area contributed by atoms with Crippen LogP contribution < -0.4 is 5.32 Å². The Bertz CT molecular complexity index is 1280. The van der Waals surface area contributed by atoms with Crippen molar-refractivity contribution in [2.45, 2.75) is 23.1 Å². The zero-order chi connectivity index (χ0) is 24.5. The molecule has 3 amide bonds. The molecule has 0 spiro atoms. The minimum atomic E-state index is -1.21. The largest absolute Gasteiger partial charge is 0.326 e. The molecule has 1 saturated heterocycles. The minimum Gasteiger partial charge on any atom is -0.326 e. The molecule has 7 rings (SSSR count). The highest BCUT2D eigenvalue weighted by molar-refractivity contribution is 6.36. The lowest BCUT2D eigenvalue weighted by Gasteiger charge is -2.54. The van der Waals surface area contributed by atoms with Gasteiger partial charge in [-0.15, -0.1) is 23.2 Å². The molecule has 3 aromatic carbocycles. The molecule has 0 aromatic heterocycles. The molecule has 1 aliphatic heterocycles. The molecule has 35 heavy (non-hydrogen) atoms. The van der Waals surface area contributed by atoms with Crippen LogP contribution in [0.15, 0.2) is 72.8 Å². The van der Waals surface area contributed by atoms with Crippen LogP contribution >= 0.6 is 23.2 Å². The van der Waals surface area contributed by atoms with Gasteiger partial charge in [-0.1, -0.05) is 66.2 Å². The summed E-state index contributed by atoms with van der Waals surface area (Å²) in [6.45, 7) is 1.93. The topological polar surface area (TPSA) is 66.5 Å². The van der Waals surface area contributed by atoms with Crippen molar-refractivity contribution in [1.29, 1.82) is 0 Å². The number of rotatable bonds is 4. The summed E-state index contributed by atoms with van der Waals surface area (Å²) in [7, 11) is 0. The highest BCUT2D eigenvalue weighted by Gasteiger charge is 2.72. The van der Waals surface area contributed by atoms with Crippen molar-refractivity contribution in [2.24, 2.45) is 11.8 Å². The Kier molecular flexibility index (Phi) is 4.89. The average molecular weight is 505 g/mol. The number of hydrogen-bond acceptors (Lipinski definition) is 3. The van der Waals surface area contributed by atoms with Gasteiger partial charge in [-0.2, -0.15) is 0 Å². The van der Waals surface area contributed by atoms with Gasteiger partial charge >= 0.3 is 0 Å². The van der Waals surface area contributed by atoms with Gasteiger partial charge in [0.25, 0.3) is 0 Å². The average Bonchev–Trinajstić information content (AvgIpc) is 3.13. The van der Waals surface area contributed by atoms with Gasteiger partial charge in [0.1, 0.15) is 9.75 Å². The predicted octanol–water partition coefficient (Wildman–Crippen LogP) is 4.92. The molecule has 5 nitrogen and oxygen atoms in total. The van der Waals surface area contributed by atoms with Gasteiger partial charge in [-0.25, -0.2) is 0 Å². The summed E-state index contributed by atoms with van der Waals surface area (Å²) < 4.78 is 0. The molecule has 1 N–H and O–H groups in total. The zero-order valence-corrected chi connectivity index (χ0v) is 20.4. The molecular weight excluding hydrogens is 483 g/mol. The molecule has 0 radical (unpaired) electrons. The lowest BCUT2D eigenvalue weighted by Crippen LogP contribution is -2.57. The number of amides is 3. The lowest BCUT2D eigenvalue weighted by molar-refractivity contribution is -0.140. The van der Waals surface area contributed by atoms with E-state index in [0.717, 1.165) is 27.8 Å². The maximum atomic E-state index is 13.7. The second-order valence-corrected chi connectivity index (χ2v) is 10.7. The molecular formula is C28H22Cl2N2O3. The molecule has 3 aliphatic carbocycles. The number of imide groups is 1. The Balaban J connectivity index is 1.34. The van der Waals surface area contributed by atoms with Crippen molar-refractivity contribution in [3.8, 4) is 0 Å². The summed E-state index contributed by atoms with van der Waals surface area (Å²) >= 11 is 14.8. The first-order valence-electron chi connectivity index (χ1n) is 11.6. The van der Waals surface area contributed by atoms with E-state index in [9.17, 15) is 14.4 Å². The summed E-state index contributed by atoms with van der Waals surface area (Å²) in [5.41, 5.74) is 4.79. The fourth-order valence-electron chi connectivity index (χ4n) is 6.02. The molecule has 4 aliphatic rings. The highest BCUT2D eigenvalue weighted by Crippen LogP contribution is 2.69. The van der Waals surface area contributed by atoms with Gasteiger partial charge in [0.15, 0.2) is 0 Å². The third-order valence-corrected chi connectivity index (χ3v) is 8.86. The Morgan fingerprint density at radius 2 is 1.23 bits per heavy atom. The van der Waals surface area contributed by atoms with E-state index < -0.39 is 21.6 Å². The number of aryl methyl sites for hydroxylation is 1. The Morgan fingerprint density at radius 3 is 1.66 bits per heavy atom. The SMILES string of the molecule is Cc1ccc(NC(=O)CCN2C(=O)[C@@H]3[C@H](C2=O)C2(Cl)c4ccccc4C3(Cl)c3ccccc32)cc1. The monoisotopic (exact) mass is 504 g/mol. The summed E-state index contributed by atoms with van der Waals surface area (Å²) in [5, 5.41) is 2.82. The number of alkyl halides is 2. The number of anilines is 1. The second kappa shape index (κ2) is 7.67. The molecule has 0 unspecified atom stereocenters. The van der Waals surface area contributed by atoms with Crippen LogP contribution in [0.4, 0.5) is 5.69 Å². The van der Waals surface area contributed by atoms with E-state index in [2.05, 4.69) is 5.32 Å². The molecule has 1 fully saturated rings. The van der Waals surface area contributed by atoms with Crippen LogP contribution in [0.5, 0.6) is 0 Å². The van der Waals surface area contributed by atoms with Gasteiger partial charge in [0, 0.05) is 18.7 Å². The quantitative estimate of drug-likeness (QED) is 0.405. The van der Waals surface area contributed by atoms with Crippen LogP contribution in [0, 0.1) is 18.8 Å². The van der Waals surface area contributed by atoms with E-state index >= 15 is 0 Å². The van der Waals surface area contributed by atoms with Gasteiger partial charge in [0.2, 0.25) is 17.7 Å². The Morgan fingerprint density at radius 1 is 0.800 bits per heavy atom. The molecule has 3 aromatic rings. The summed E-state index contributed by atoms with van der Waals surface area (Å²) in [4.78, 5) is 38.8. The number of carbonyl (C=O) groups is 3. The third-order valence-electron chi connectivity index (χ3n) is 7.57. The molecule has 7 heteroatoms. The Hall–Kier alpha value is -3.15. The van der Waals surface area contributed by atoms with Crippen LogP contribution in [0.2, 0.25) is 0 Å². The standard InChI is InChI=1S/C28H22Cl2N2O3/c1-16-10-12-17(13-11-16)31-22(33)14-15-32-25(34)23-24(26(32)35)28(30)19-7-3-2-6-18(19)27(23,29)20-8-4-5-9-21(20)28/h2-13,23-24H,14-15H2,1H3,(H,31,33)/t23-,24+,27?,28?. The Labute approximate surface area is 213 Å². The first kappa shape index (κ1) is 22.3. The van der Waals surface area contributed by atoms with Crippen LogP contribution in [0.3, 0.4) is 0 Å². The lowest BCUT2D eigenvalue weighted by atomic mass is 9.54. The van der Waals surface area contributed by atoms with Crippen molar-refractivity contribution in [1.82, 2.24) is 4.90 Å². The van der Waals surface area contributed by atoms with Gasteiger partial charge in [-0.3, -0.25) is 19.3 Å². The summed E-state index contributed by atoms with van der Waals surface area (Å²) in [5.74, 6) is -2.74. The molecule has 2 bridgehead atoms. The summed E-state index contributed by atoms with van der Waals surface area (Å²) in [6.07, 6.45) is -0.0186. The van der Waals surface area contributed by atoms with Crippen molar-refractivity contribution >= 4 is 46.6 Å². The first-order valence-corrected chi connectivity index (χ1v) is 12.3. The van der Waals surface area contributed by atoms with Crippen molar-refractivity contribution in [3.63, 3.8) is 0 Å². The number of halogens is 2. The number of likely N-dealkylation sites (tertiary alicyclic amines) is 1. The van der Waals surface area contributed by atoms with Crippen LogP contribution in [0.1, 0.15) is 34.2 Å². The predicted molar refractivity (Wildman–Crippen MR) is 134 cm³/mol. The number of benzene rings is 3. The number of hydrogen-bond donors (Lipinski definition) is 1. The highest BCUT2D eigenvalue weighted by atomic mass is 35.5. The fourth-order valence-corrected chi connectivity index (χ4v) is 7.12. The number of nitrogens with one attached hydrogen (secondary N) is 1. The second-order valence-electron chi connectivity index (χ2n) is 9.46. The van der Waals surface area contributed by atoms with Gasteiger partial charge in [0.05, 0.1) is 11.8 Å². The first-order chi connectivity index (χ1) is 16.8. The molecule has 2 atom stereocenters. The van der Waals surface area contributed by atoms with Gasteiger partial charge in [-0.05, 0) is 41.3 Å². The molecule has 176 valence electrons. The minimum absolute atomic E-state index is 0.0186.